The van der Waals surface area contributed by atoms with Crippen LogP contribution >= 0.6 is 0 Å². The van der Waals surface area contributed by atoms with Crippen molar-refractivity contribution in [2.45, 2.75) is 6.42 Å². The SMILES string of the molecule is COc1ccccc1N1CCN(CCCOc2ccc(-n3nc4ccccc4[n+]3[O-])cc2)CC1. The Hall–Kier alpha value is -3.78. The Kier molecular flexibility index (Phi) is 6.49. The third-order valence-electron chi connectivity index (χ3n) is 6.22. The highest BCUT2D eigenvalue weighted by Gasteiger charge is 2.19. The summed E-state index contributed by atoms with van der Waals surface area (Å²) < 4.78 is 11.4. The van der Waals surface area contributed by atoms with Crippen molar-refractivity contribution in [1.29, 1.82) is 0 Å². The molecule has 4 aromatic rings. The topological polar surface area (TPSA) is 69.7 Å². The highest BCUT2D eigenvalue weighted by atomic mass is 16.5. The second-order valence-electron chi connectivity index (χ2n) is 8.35. The monoisotopic (exact) mass is 459 g/mol. The minimum Gasteiger partial charge on any atom is -0.692 e. The number of methoxy groups -OCH3 is 1. The molecule has 1 fully saturated rings. The average Bonchev–Trinajstić information content (AvgIpc) is 3.24. The first-order chi connectivity index (χ1) is 16.7. The van der Waals surface area contributed by atoms with E-state index < -0.39 is 0 Å². The van der Waals surface area contributed by atoms with Gasteiger partial charge in [0.2, 0.25) is 11.0 Å². The lowest BCUT2D eigenvalue weighted by Gasteiger charge is -2.36. The van der Waals surface area contributed by atoms with Gasteiger partial charge in [-0.2, -0.15) is 0 Å². The van der Waals surface area contributed by atoms with Gasteiger partial charge in [-0.1, -0.05) is 24.3 Å². The molecule has 0 bridgehead atoms. The molecule has 8 heteroatoms. The van der Waals surface area contributed by atoms with Crippen molar-refractivity contribution >= 4 is 16.7 Å². The number of hydrogen-bond acceptors (Lipinski definition) is 6. The lowest BCUT2D eigenvalue weighted by molar-refractivity contribution is -0.664. The minimum atomic E-state index is 0.548. The number of ether oxygens (including phenoxy) is 2. The summed E-state index contributed by atoms with van der Waals surface area (Å²) in [5, 5.41) is 16.9. The van der Waals surface area contributed by atoms with Gasteiger partial charge in [-0.3, -0.25) is 4.90 Å². The summed E-state index contributed by atoms with van der Waals surface area (Å²) in [7, 11) is 1.72. The van der Waals surface area contributed by atoms with E-state index in [0.717, 1.165) is 55.5 Å². The van der Waals surface area contributed by atoms with E-state index in [2.05, 4.69) is 27.0 Å². The third kappa shape index (κ3) is 4.63. The summed E-state index contributed by atoms with van der Waals surface area (Å²) in [5.74, 6) is 1.72. The quantitative estimate of drug-likeness (QED) is 0.229. The van der Waals surface area contributed by atoms with Gasteiger partial charge in [0.1, 0.15) is 17.2 Å². The van der Waals surface area contributed by atoms with Crippen LogP contribution in [-0.4, -0.2) is 61.2 Å². The zero-order valence-corrected chi connectivity index (χ0v) is 19.3. The van der Waals surface area contributed by atoms with Gasteiger partial charge in [-0.15, -0.1) is 4.85 Å². The maximum Gasteiger partial charge on any atom is 0.250 e. The summed E-state index contributed by atoms with van der Waals surface area (Å²) in [6.45, 7) is 5.70. The summed E-state index contributed by atoms with van der Waals surface area (Å²) in [5.41, 5.74) is 3.08. The second kappa shape index (κ2) is 10.0. The second-order valence-corrected chi connectivity index (χ2v) is 8.35. The zero-order valence-electron chi connectivity index (χ0n) is 19.3. The van der Waals surface area contributed by atoms with Gasteiger partial charge in [0, 0.05) is 32.7 Å². The van der Waals surface area contributed by atoms with Gasteiger partial charge in [0.15, 0.2) is 0 Å². The first kappa shape index (κ1) is 22.0. The Labute approximate surface area is 199 Å². The molecule has 1 aliphatic heterocycles. The van der Waals surface area contributed by atoms with Crippen LogP contribution in [0.1, 0.15) is 6.42 Å². The van der Waals surface area contributed by atoms with Gasteiger partial charge in [0.25, 0.3) is 0 Å². The van der Waals surface area contributed by atoms with E-state index in [-0.39, 0.29) is 0 Å². The van der Waals surface area contributed by atoms with E-state index in [9.17, 15) is 5.21 Å². The summed E-state index contributed by atoms with van der Waals surface area (Å²) in [6, 6.07) is 23.0. The molecule has 0 atom stereocenters. The van der Waals surface area contributed by atoms with Crippen LogP contribution < -0.4 is 19.2 Å². The molecule has 0 saturated carbocycles. The predicted octanol–water partition coefficient (Wildman–Crippen LogP) is 3.26. The lowest BCUT2D eigenvalue weighted by atomic mass is 10.2. The lowest BCUT2D eigenvalue weighted by Crippen LogP contribution is -2.46. The fourth-order valence-electron chi connectivity index (χ4n) is 4.38. The number of para-hydroxylation sites is 3. The number of fused-ring (bicyclic) bond motifs is 1. The van der Waals surface area contributed by atoms with Gasteiger partial charge >= 0.3 is 0 Å². The van der Waals surface area contributed by atoms with E-state index in [1.807, 2.05) is 54.6 Å². The number of benzene rings is 3. The summed E-state index contributed by atoms with van der Waals surface area (Å²) in [6.07, 6.45) is 0.960. The fourth-order valence-corrected chi connectivity index (χ4v) is 4.38. The molecule has 3 aromatic carbocycles. The van der Waals surface area contributed by atoms with Gasteiger partial charge in [-0.25, -0.2) is 0 Å². The van der Waals surface area contributed by atoms with Crippen LogP contribution in [0.2, 0.25) is 0 Å². The molecule has 0 amide bonds. The molecule has 1 aliphatic rings. The number of anilines is 1. The van der Waals surface area contributed by atoms with Crippen LogP contribution in [0.25, 0.3) is 16.7 Å². The normalized spacial score (nSPS) is 14.4. The predicted molar refractivity (Wildman–Crippen MR) is 132 cm³/mol. The van der Waals surface area contributed by atoms with Crippen molar-refractivity contribution in [3.63, 3.8) is 0 Å². The summed E-state index contributed by atoms with van der Waals surface area (Å²) >= 11 is 0. The Bertz CT molecular complexity index is 1230. The van der Waals surface area contributed by atoms with E-state index in [4.69, 9.17) is 9.47 Å². The van der Waals surface area contributed by atoms with E-state index in [0.29, 0.717) is 23.3 Å². The molecule has 0 unspecified atom stereocenters. The van der Waals surface area contributed by atoms with Crippen molar-refractivity contribution in [1.82, 2.24) is 14.8 Å². The van der Waals surface area contributed by atoms with Crippen molar-refractivity contribution in [3.8, 4) is 17.2 Å². The highest BCUT2D eigenvalue weighted by molar-refractivity contribution is 5.70. The van der Waals surface area contributed by atoms with Gasteiger partial charge < -0.3 is 19.6 Å². The number of piperazine rings is 1. The number of nitrogens with zero attached hydrogens (tertiary/aromatic N) is 5. The molecular formula is C26H29N5O3. The Morgan fingerprint density at radius 2 is 1.65 bits per heavy atom. The largest absolute Gasteiger partial charge is 0.692 e. The van der Waals surface area contributed by atoms with Crippen molar-refractivity contribution in [2.75, 3.05) is 51.3 Å². The van der Waals surface area contributed by atoms with E-state index in [1.54, 1.807) is 13.2 Å². The standard InChI is InChI=1S/C26H29N5O3/c1-33-26-10-5-4-9-25(26)29-18-16-28(17-19-29)15-6-20-34-22-13-11-21(12-14-22)30-27-23-7-2-3-8-24(23)31(30)32/h2-5,7-14H,6,15-20H2,1H3. The molecule has 0 aliphatic carbocycles. The molecule has 5 rings (SSSR count). The van der Waals surface area contributed by atoms with Crippen molar-refractivity contribution < 1.29 is 14.3 Å². The molecule has 1 aromatic heterocycles. The maximum absolute atomic E-state index is 12.5. The molecular weight excluding hydrogens is 430 g/mol. The molecule has 176 valence electrons. The molecule has 2 heterocycles. The highest BCUT2D eigenvalue weighted by Crippen LogP contribution is 2.28. The zero-order chi connectivity index (χ0) is 23.3. The molecule has 1 saturated heterocycles. The van der Waals surface area contributed by atoms with Gasteiger partial charge in [-0.05, 0) is 59.7 Å². The van der Waals surface area contributed by atoms with E-state index in [1.165, 1.54) is 10.5 Å². The molecule has 8 nitrogen and oxygen atoms in total. The van der Waals surface area contributed by atoms with Crippen LogP contribution in [0.15, 0.2) is 72.8 Å². The van der Waals surface area contributed by atoms with Crippen LogP contribution in [0.3, 0.4) is 0 Å². The number of rotatable bonds is 8. The average molecular weight is 460 g/mol. The smallest absolute Gasteiger partial charge is 0.250 e. The molecule has 0 N–H and O–H groups in total. The minimum absolute atomic E-state index is 0.548. The first-order valence-corrected chi connectivity index (χ1v) is 11.6. The maximum atomic E-state index is 12.5. The third-order valence-corrected chi connectivity index (χ3v) is 6.22. The van der Waals surface area contributed by atoms with Crippen LogP contribution in [0, 0.1) is 5.21 Å². The van der Waals surface area contributed by atoms with Crippen LogP contribution in [0.5, 0.6) is 11.5 Å². The molecule has 0 spiro atoms. The van der Waals surface area contributed by atoms with Crippen molar-refractivity contribution in [3.05, 3.63) is 78.0 Å². The number of hydrogen-bond donors (Lipinski definition) is 0. The molecule has 0 radical (unpaired) electrons. The fraction of sp³-hybridized carbons (Fsp3) is 0.308. The Morgan fingerprint density at radius 3 is 2.41 bits per heavy atom. The van der Waals surface area contributed by atoms with Crippen LogP contribution in [0.4, 0.5) is 5.69 Å². The first-order valence-electron chi connectivity index (χ1n) is 11.6. The Morgan fingerprint density at radius 1 is 0.912 bits per heavy atom. The van der Waals surface area contributed by atoms with Crippen LogP contribution in [-0.2, 0) is 0 Å². The van der Waals surface area contributed by atoms with Crippen molar-refractivity contribution in [2.24, 2.45) is 0 Å². The summed E-state index contributed by atoms with van der Waals surface area (Å²) in [4.78, 5) is 7.03. The molecule has 34 heavy (non-hydrogen) atoms. The van der Waals surface area contributed by atoms with E-state index >= 15 is 0 Å². The number of aromatic nitrogens is 3. The Balaban J connectivity index is 1.08. The van der Waals surface area contributed by atoms with Gasteiger partial charge in [0.05, 0.1) is 24.5 Å².